The van der Waals surface area contributed by atoms with Crippen LogP contribution in [0.25, 0.3) is 0 Å². The number of halogens is 1. The number of nitrogens with one attached hydrogen (secondary N) is 2. The van der Waals surface area contributed by atoms with Crippen molar-refractivity contribution in [3.8, 4) is 0 Å². The van der Waals surface area contributed by atoms with E-state index in [9.17, 15) is 0 Å². The summed E-state index contributed by atoms with van der Waals surface area (Å²) in [6, 6.07) is 0. The van der Waals surface area contributed by atoms with E-state index in [2.05, 4.69) is 58.0 Å². The number of hydrogen-bond acceptors (Lipinski definition) is 4. The molecule has 1 saturated heterocycles. The van der Waals surface area contributed by atoms with E-state index < -0.39 is 0 Å². The first-order valence-electron chi connectivity index (χ1n) is 9.70. The second-order valence-corrected chi connectivity index (χ2v) is 7.28. The maximum atomic E-state index is 4.83. The molecule has 0 aromatic carbocycles. The van der Waals surface area contributed by atoms with Crippen molar-refractivity contribution in [2.45, 2.75) is 65.5 Å². The van der Waals surface area contributed by atoms with Crippen LogP contribution in [-0.4, -0.2) is 63.9 Å². The van der Waals surface area contributed by atoms with E-state index in [1.807, 2.05) is 0 Å². The Bertz CT molecular complexity index is 535. The molecule has 1 aromatic heterocycles. The fraction of sp³-hybridized carbons (Fsp3) is 0.833. The summed E-state index contributed by atoms with van der Waals surface area (Å²) in [6.45, 7) is 14.5. The van der Waals surface area contributed by atoms with Crippen molar-refractivity contribution in [1.82, 2.24) is 30.3 Å². The Morgan fingerprint density at radius 1 is 1.19 bits per heavy atom. The molecule has 0 spiro atoms. The number of rotatable bonds is 8. The van der Waals surface area contributed by atoms with Crippen LogP contribution in [0.3, 0.4) is 0 Å². The van der Waals surface area contributed by atoms with Gasteiger partial charge in [0.05, 0.1) is 6.54 Å². The van der Waals surface area contributed by atoms with Gasteiger partial charge in [-0.15, -0.1) is 34.2 Å². The molecule has 1 aromatic rings. The number of piperidine rings is 1. The van der Waals surface area contributed by atoms with Crippen molar-refractivity contribution in [2.24, 2.45) is 4.99 Å². The summed E-state index contributed by atoms with van der Waals surface area (Å²) >= 11 is 0. The lowest BCUT2D eigenvalue weighted by molar-refractivity contribution is 0.102. The summed E-state index contributed by atoms with van der Waals surface area (Å²) in [7, 11) is 0. The van der Waals surface area contributed by atoms with Gasteiger partial charge in [0.1, 0.15) is 12.2 Å². The Morgan fingerprint density at radius 3 is 2.58 bits per heavy atom. The highest BCUT2D eigenvalue weighted by molar-refractivity contribution is 14.0. The molecule has 2 N–H and O–H groups in total. The average Bonchev–Trinajstić information content (AvgIpc) is 3.08. The van der Waals surface area contributed by atoms with Gasteiger partial charge >= 0.3 is 0 Å². The van der Waals surface area contributed by atoms with Gasteiger partial charge in [-0.2, -0.15) is 0 Å². The highest BCUT2D eigenvalue weighted by atomic mass is 127. The van der Waals surface area contributed by atoms with E-state index >= 15 is 0 Å². The first-order chi connectivity index (χ1) is 12.1. The Hall–Kier alpha value is -0.900. The Balaban J connectivity index is 0.00000338. The Kier molecular flexibility index (Phi) is 10.4. The topological polar surface area (TPSA) is 70.4 Å². The molecule has 0 aliphatic carbocycles. The van der Waals surface area contributed by atoms with Crippen LogP contribution < -0.4 is 10.6 Å². The monoisotopic (exact) mass is 477 g/mol. The van der Waals surface area contributed by atoms with Crippen molar-refractivity contribution in [1.29, 1.82) is 0 Å². The standard InChI is InChI=1S/C18H35N7.HI/c1-5-16-23-22-15-24(16)13-10-20-17(19-6-2)21-14-18(3,4)25-11-8-7-9-12-25;/h15H,5-14H2,1-4H3,(H2,19,20,21);1H. The largest absolute Gasteiger partial charge is 0.357 e. The van der Waals surface area contributed by atoms with Crippen molar-refractivity contribution in [2.75, 3.05) is 32.7 Å². The maximum absolute atomic E-state index is 4.83. The Labute approximate surface area is 175 Å². The van der Waals surface area contributed by atoms with Crippen LogP contribution in [0.2, 0.25) is 0 Å². The lowest BCUT2D eigenvalue weighted by atomic mass is 9.99. The number of aryl methyl sites for hydroxylation is 1. The fourth-order valence-corrected chi connectivity index (χ4v) is 3.25. The predicted molar refractivity (Wildman–Crippen MR) is 118 cm³/mol. The lowest BCUT2D eigenvalue weighted by Crippen LogP contribution is -2.49. The summed E-state index contributed by atoms with van der Waals surface area (Å²) < 4.78 is 2.09. The van der Waals surface area contributed by atoms with Crippen molar-refractivity contribution < 1.29 is 0 Å². The molecule has 0 saturated carbocycles. The number of likely N-dealkylation sites (tertiary alicyclic amines) is 1. The zero-order valence-electron chi connectivity index (χ0n) is 16.8. The molecule has 0 amide bonds. The summed E-state index contributed by atoms with van der Waals surface area (Å²) in [4.78, 5) is 7.41. The molecule has 1 aliphatic rings. The number of nitrogens with zero attached hydrogens (tertiary/aromatic N) is 5. The summed E-state index contributed by atoms with van der Waals surface area (Å²) in [5, 5.41) is 14.9. The van der Waals surface area contributed by atoms with E-state index in [1.54, 1.807) is 6.33 Å². The van der Waals surface area contributed by atoms with Gasteiger partial charge in [0.25, 0.3) is 0 Å². The molecule has 2 heterocycles. The molecule has 8 heteroatoms. The van der Waals surface area contributed by atoms with Gasteiger partial charge in [0.2, 0.25) is 0 Å². The first kappa shape index (κ1) is 23.1. The fourth-order valence-electron chi connectivity index (χ4n) is 3.25. The third-order valence-corrected chi connectivity index (χ3v) is 4.84. The van der Waals surface area contributed by atoms with E-state index in [-0.39, 0.29) is 29.5 Å². The molecule has 7 nitrogen and oxygen atoms in total. The summed E-state index contributed by atoms with van der Waals surface area (Å²) in [5.74, 6) is 1.91. The minimum atomic E-state index is 0. The van der Waals surface area contributed by atoms with Gasteiger partial charge in [-0.25, -0.2) is 0 Å². The second kappa shape index (κ2) is 11.7. The molecule has 0 unspecified atom stereocenters. The minimum absolute atomic E-state index is 0. The van der Waals surface area contributed by atoms with Gasteiger partial charge in [0, 0.05) is 31.6 Å². The Morgan fingerprint density at radius 2 is 1.92 bits per heavy atom. The molecule has 150 valence electrons. The molecular formula is C18H36IN7. The molecule has 0 radical (unpaired) electrons. The molecule has 1 fully saturated rings. The van der Waals surface area contributed by atoms with Crippen LogP contribution in [0.5, 0.6) is 0 Å². The maximum Gasteiger partial charge on any atom is 0.191 e. The molecule has 2 rings (SSSR count). The van der Waals surface area contributed by atoms with Crippen molar-refractivity contribution in [3.63, 3.8) is 0 Å². The zero-order chi connectivity index (χ0) is 18.1. The highest BCUT2D eigenvalue weighted by Crippen LogP contribution is 2.20. The van der Waals surface area contributed by atoms with Gasteiger partial charge in [-0.3, -0.25) is 9.89 Å². The van der Waals surface area contributed by atoms with E-state index in [1.165, 1.54) is 32.4 Å². The van der Waals surface area contributed by atoms with Crippen LogP contribution >= 0.6 is 24.0 Å². The smallest absolute Gasteiger partial charge is 0.191 e. The number of aromatic nitrogens is 3. The van der Waals surface area contributed by atoms with Crippen LogP contribution in [0.1, 0.15) is 52.8 Å². The quantitative estimate of drug-likeness (QED) is 0.342. The number of hydrogen-bond donors (Lipinski definition) is 2. The van der Waals surface area contributed by atoms with Gasteiger partial charge in [-0.05, 0) is 46.7 Å². The van der Waals surface area contributed by atoms with Gasteiger partial charge in [-0.1, -0.05) is 13.3 Å². The number of aliphatic imine (C=N–C) groups is 1. The number of guanidine groups is 1. The van der Waals surface area contributed by atoms with Crippen molar-refractivity contribution in [3.05, 3.63) is 12.2 Å². The van der Waals surface area contributed by atoms with Gasteiger partial charge < -0.3 is 15.2 Å². The second-order valence-electron chi connectivity index (χ2n) is 7.28. The van der Waals surface area contributed by atoms with E-state index in [0.717, 1.165) is 44.4 Å². The van der Waals surface area contributed by atoms with Gasteiger partial charge in [0.15, 0.2) is 5.96 Å². The van der Waals surface area contributed by atoms with Crippen LogP contribution in [0.4, 0.5) is 0 Å². The van der Waals surface area contributed by atoms with Crippen molar-refractivity contribution >= 4 is 29.9 Å². The zero-order valence-corrected chi connectivity index (χ0v) is 19.1. The molecule has 1 aliphatic heterocycles. The molecule has 0 atom stereocenters. The van der Waals surface area contributed by atoms with Crippen LogP contribution in [0.15, 0.2) is 11.3 Å². The predicted octanol–water partition coefficient (Wildman–Crippen LogP) is 2.28. The third-order valence-electron chi connectivity index (χ3n) is 4.84. The molecule has 26 heavy (non-hydrogen) atoms. The normalized spacial score (nSPS) is 16.2. The lowest BCUT2D eigenvalue weighted by Gasteiger charge is -2.40. The molecular weight excluding hydrogens is 441 g/mol. The minimum Gasteiger partial charge on any atom is -0.357 e. The van der Waals surface area contributed by atoms with Crippen LogP contribution in [0, 0.1) is 0 Å². The van der Waals surface area contributed by atoms with E-state index in [4.69, 9.17) is 4.99 Å². The summed E-state index contributed by atoms with van der Waals surface area (Å²) in [5.41, 5.74) is 0.104. The SMILES string of the molecule is CCNC(=NCC(C)(C)N1CCCCC1)NCCn1cnnc1CC.I. The summed E-state index contributed by atoms with van der Waals surface area (Å²) in [6.07, 6.45) is 6.68. The highest BCUT2D eigenvalue weighted by Gasteiger charge is 2.27. The van der Waals surface area contributed by atoms with E-state index in [0.29, 0.717) is 0 Å². The molecule has 0 bridgehead atoms. The average molecular weight is 477 g/mol. The third kappa shape index (κ3) is 7.02. The van der Waals surface area contributed by atoms with Crippen LogP contribution in [-0.2, 0) is 13.0 Å². The first-order valence-corrected chi connectivity index (χ1v) is 9.70.